The fourth-order valence-corrected chi connectivity index (χ4v) is 3.20. The molecule has 2 saturated carbocycles. The van der Waals surface area contributed by atoms with Crippen molar-refractivity contribution in [2.45, 2.75) is 70.9 Å². The molecule has 18 heavy (non-hydrogen) atoms. The molecular formula is C15H27NO2. The maximum Gasteiger partial charge on any atom is 0.308 e. The van der Waals surface area contributed by atoms with Gasteiger partial charge in [-0.25, -0.2) is 0 Å². The molecule has 104 valence electrons. The zero-order valence-electron chi connectivity index (χ0n) is 11.8. The van der Waals surface area contributed by atoms with Crippen LogP contribution in [0.15, 0.2) is 0 Å². The molecule has 3 nitrogen and oxygen atoms in total. The molecule has 0 spiro atoms. The van der Waals surface area contributed by atoms with Gasteiger partial charge in [0.25, 0.3) is 0 Å². The average molecular weight is 253 g/mol. The highest BCUT2D eigenvalue weighted by Gasteiger charge is 2.38. The highest BCUT2D eigenvalue weighted by Crippen LogP contribution is 2.36. The third-order valence-electron chi connectivity index (χ3n) is 4.38. The van der Waals surface area contributed by atoms with Gasteiger partial charge in [0.05, 0.1) is 12.5 Å². The molecule has 1 N–H and O–H groups in total. The molecule has 0 aromatic rings. The third-order valence-corrected chi connectivity index (χ3v) is 4.38. The van der Waals surface area contributed by atoms with Crippen LogP contribution >= 0.6 is 0 Å². The number of ether oxygens (including phenoxy) is 1. The number of rotatable bonds is 6. The first-order valence-electron chi connectivity index (χ1n) is 7.67. The van der Waals surface area contributed by atoms with Crippen molar-refractivity contribution in [2.24, 2.45) is 11.8 Å². The summed E-state index contributed by atoms with van der Waals surface area (Å²) in [5, 5.41) is 3.77. The molecule has 0 radical (unpaired) electrons. The maximum atomic E-state index is 11.6. The van der Waals surface area contributed by atoms with Crippen LogP contribution in [-0.2, 0) is 9.53 Å². The van der Waals surface area contributed by atoms with Gasteiger partial charge in [-0.2, -0.15) is 0 Å². The minimum Gasteiger partial charge on any atom is -0.466 e. The smallest absolute Gasteiger partial charge is 0.308 e. The molecule has 0 aromatic heterocycles. The van der Waals surface area contributed by atoms with E-state index in [1.54, 1.807) is 0 Å². The van der Waals surface area contributed by atoms with E-state index in [-0.39, 0.29) is 11.9 Å². The lowest BCUT2D eigenvalue weighted by Gasteiger charge is -2.28. The van der Waals surface area contributed by atoms with Gasteiger partial charge in [-0.1, -0.05) is 13.3 Å². The Morgan fingerprint density at radius 1 is 1.22 bits per heavy atom. The van der Waals surface area contributed by atoms with E-state index in [9.17, 15) is 4.79 Å². The molecule has 2 aliphatic carbocycles. The first kappa shape index (κ1) is 13.9. The van der Waals surface area contributed by atoms with Crippen molar-refractivity contribution in [1.82, 2.24) is 5.32 Å². The number of carbonyl (C=O) groups excluding carboxylic acids is 1. The van der Waals surface area contributed by atoms with Crippen LogP contribution in [0.5, 0.6) is 0 Å². The number of hydrogen-bond donors (Lipinski definition) is 1. The zero-order chi connectivity index (χ0) is 13.0. The summed E-state index contributed by atoms with van der Waals surface area (Å²) in [6.07, 6.45) is 8.32. The van der Waals surface area contributed by atoms with E-state index in [1.165, 1.54) is 19.3 Å². The lowest BCUT2D eigenvalue weighted by molar-refractivity contribution is -0.149. The van der Waals surface area contributed by atoms with Gasteiger partial charge in [-0.05, 0) is 51.4 Å². The highest BCUT2D eigenvalue weighted by atomic mass is 16.5. The van der Waals surface area contributed by atoms with Gasteiger partial charge in [0, 0.05) is 12.1 Å². The summed E-state index contributed by atoms with van der Waals surface area (Å²) in [5.74, 6) is 1.11. The van der Waals surface area contributed by atoms with Crippen LogP contribution in [-0.4, -0.2) is 24.7 Å². The van der Waals surface area contributed by atoms with E-state index in [1.807, 2.05) is 6.92 Å². The van der Waals surface area contributed by atoms with Crippen LogP contribution in [0, 0.1) is 11.8 Å². The lowest BCUT2D eigenvalue weighted by atomic mass is 9.86. The largest absolute Gasteiger partial charge is 0.466 e. The third kappa shape index (κ3) is 3.71. The molecular weight excluding hydrogens is 226 g/mol. The summed E-state index contributed by atoms with van der Waals surface area (Å²) >= 11 is 0. The Bertz CT molecular complexity index is 272. The Morgan fingerprint density at radius 3 is 2.56 bits per heavy atom. The van der Waals surface area contributed by atoms with Crippen LogP contribution in [0.2, 0.25) is 0 Å². The van der Waals surface area contributed by atoms with Crippen LogP contribution in [0.1, 0.15) is 58.8 Å². The Hall–Kier alpha value is -0.570. The number of hydrogen-bond acceptors (Lipinski definition) is 3. The summed E-state index contributed by atoms with van der Waals surface area (Å²) in [5.41, 5.74) is 0. The SMILES string of the molecule is CCCC1CC1NC1CCC(C(=O)OCC)CC1. The lowest BCUT2D eigenvalue weighted by Crippen LogP contribution is -2.37. The fourth-order valence-electron chi connectivity index (χ4n) is 3.20. The Morgan fingerprint density at radius 2 is 1.94 bits per heavy atom. The van der Waals surface area contributed by atoms with Gasteiger partial charge >= 0.3 is 5.97 Å². The van der Waals surface area contributed by atoms with Gasteiger partial charge in [0.15, 0.2) is 0 Å². The van der Waals surface area contributed by atoms with Crippen LogP contribution in [0.25, 0.3) is 0 Å². The molecule has 0 aliphatic heterocycles. The second kappa shape index (κ2) is 6.55. The molecule has 0 saturated heterocycles. The Balaban J connectivity index is 1.63. The van der Waals surface area contributed by atoms with Crippen molar-refractivity contribution in [3.8, 4) is 0 Å². The molecule has 2 fully saturated rings. The molecule has 0 bridgehead atoms. The second-order valence-corrected chi connectivity index (χ2v) is 5.86. The predicted molar refractivity (Wildman–Crippen MR) is 72.3 cm³/mol. The molecule has 2 rings (SSSR count). The van der Waals surface area contributed by atoms with Crippen molar-refractivity contribution < 1.29 is 9.53 Å². The molecule has 3 heteroatoms. The monoisotopic (exact) mass is 253 g/mol. The Kier molecular flexibility index (Phi) is 5.04. The second-order valence-electron chi connectivity index (χ2n) is 5.86. The first-order chi connectivity index (χ1) is 8.74. The summed E-state index contributed by atoms with van der Waals surface area (Å²) < 4.78 is 5.10. The molecule has 0 amide bonds. The van der Waals surface area contributed by atoms with E-state index >= 15 is 0 Å². The summed E-state index contributed by atoms with van der Waals surface area (Å²) in [7, 11) is 0. The molecule has 0 heterocycles. The minimum absolute atomic E-state index is 0.0197. The van der Waals surface area contributed by atoms with Gasteiger partial charge in [0.1, 0.15) is 0 Å². The topological polar surface area (TPSA) is 38.3 Å². The maximum absolute atomic E-state index is 11.6. The van der Waals surface area contributed by atoms with E-state index in [2.05, 4.69) is 12.2 Å². The Labute approximate surface area is 111 Å². The number of carbonyl (C=O) groups is 1. The van der Waals surface area contributed by atoms with Crippen LogP contribution in [0.4, 0.5) is 0 Å². The van der Waals surface area contributed by atoms with Crippen molar-refractivity contribution >= 4 is 5.97 Å². The van der Waals surface area contributed by atoms with Gasteiger partial charge < -0.3 is 10.1 Å². The van der Waals surface area contributed by atoms with Crippen LogP contribution in [0.3, 0.4) is 0 Å². The summed E-state index contributed by atoms with van der Waals surface area (Å²) in [4.78, 5) is 11.6. The van der Waals surface area contributed by atoms with Crippen molar-refractivity contribution in [3.05, 3.63) is 0 Å². The average Bonchev–Trinajstić information content (AvgIpc) is 3.09. The standard InChI is InChI=1S/C15H27NO2/c1-3-5-12-10-14(12)16-13-8-6-11(7-9-13)15(17)18-4-2/h11-14,16H,3-10H2,1-2H3. The summed E-state index contributed by atoms with van der Waals surface area (Å²) in [6.45, 7) is 4.66. The zero-order valence-corrected chi connectivity index (χ0v) is 11.8. The van der Waals surface area contributed by atoms with E-state index < -0.39 is 0 Å². The highest BCUT2D eigenvalue weighted by molar-refractivity contribution is 5.72. The fraction of sp³-hybridized carbons (Fsp3) is 0.933. The van der Waals surface area contributed by atoms with Crippen LogP contribution < -0.4 is 5.32 Å². The quantitative estimate of drug-likeness (QED) is 0.740. The normalized spacial score (nSPS) is 35.2. The van der Waals surface area contributed by atoms with E-state index in [0.29, 0.717) is 12.6 Å². The van der Waals surface area contributed by atoms with Gasteiger partial charge in [-0.3, -0.25) is 4.79 Å². The van der Waals surface area contributed by atoms with Crippen molar-refractivity contribution in [2.75, 3.05) is 6.61 Å². The van der Waals surface area contributed by atoms with Crippen molar-refractivity contribution in [3.63, 3.8) is 0 Å². The summed E-state index contributed by atoms with van der Waals surface area (Å²) in [6, 6.07) is 1.41. The van der Waals surface area contributed by atoms with Crippen molar-refractivity contribution in [1.29, 1.82) is 0 Å². The molecule has 2 atom stereocenters. The predicted octanol–water partition coefficient (Wildman–Crippen LogP) is 2.89. The first-order valence-corrected chi connectivity index (χ1v) is 7.67. The molecule has 2 aliphatic rings. The van der Waals surface area contributed by atoms with Gasteiger partial charge in [-0.15, -0.1) is 0 Å². The molecule has 0 aromatic carbocycles. The van der Waals surface area contributed by atoms with E-state index in [4.69, 9.17) is 4.74 Å². The van der Waals surface area contributed by atoms with Gasteiger partial charge in [0.2, 0.25) is 0 Å². The van der Waals surface area contributed by atoms with E-state index in [0.717, 1.165) is 37.6 Å². The molecule has 2 unspecified atom stereocenters. The number of esters is 1. The number of nitrogens with one attached hydrogen (secondary N) is 1. The minimum atomic E-state index is 0.0197.